The monoisotopic (exact) mass is 333 g/mol. The van der Waals surface area contributed by atoms with Crippen molar-refractivity contribution in [3.8, 4) is 0 Å². The predicted molar refractivity (Wildman–Crippen MR) is 84.0 cm³/mol. The van der Waals surface area contributed by atoms with Gasteiger partial charge in [0.1, 0.15) is 5.82 Å². The Hall–Kier alpha value is -0.650. The molecule has 0 aromatic heterocycles. The quantitative estimate of drug-likeness (QED) is 0.870. The molecule has 1 fully saturated rings. The highest BCUT2D eigenvalue weighted by atomic mass is 35.5. The van der Waals surface area contributed by atoms with Crippen molar-refractivity contribution in [1.82, 2.24) is 5.32 Å². The molecular weight excluding hydrogens is 313 g/mol. The Kier molecular flexibility index (Phi) is 5.63. The van der Waals surface area contributed by atoms with Gasteiger partial charge in [0, 0.05) is 11.1 Å². The van der Waals surface area contributed by atoms with E-state index < -0.39 is 9.84 Å². The summed E-state index contributed by atoms with van der Waals surface area (Å²) in [4.78, 5) is 0. The third-order valence-corrected chi connectivity index (χ3v) is 6.12. The second-order valence-corrected chi connectivity index (χ2v) is 8.34. The molecule has 1 aromatic rings. The van der Waals surface area contributed by atoms with Crippen LogP contribution in [0.5, 0.6) is 0 Å². The molecule has 1 aromatic carbocycles. The molecule has 118 valence electrons. The second-order valence-electron chi connectivity index (χ2n) is 5.70. The Balaban J connectivity index is 2.03. The molecule has 0 amide bonds. The lowest BCUT2D eigenvalue weighted by molar-refractivity contribution is 0.409. The first-order valence-corrected chi connectivity index (χ1v) is 9.47. The van der Waals surface area contributed by atoms with Crippen molar-refractivity contribution < 1.29 is 12.8 Å². The molecule has 0 radical (unpaired) electrons. The zero-order valence-electron chi connectivity index (χ0n) is 12.1. The highest BCUT2D eigenvalue weighted by molar-refractivity contribution is 7.91. The Labute approximate surface area is 130 Å². The van der Waals surface area contributed by atoms with E-state index in [1.54, 1.807) is 6.07 Å². The first-order chi connectivity index (χ1) is 9.89. The average Bonchev–Trinajstić information content (AvgIpc) is 2.73. The van der Waals surface area contributed by atoms with Crippen molar-refractivity contribution in [2.24, 2.45) is 5.92 Å². The first-order valence-electron chi connectivity index (χ1n) is 7.27. The minimum Gasteiger partial charge on any atom is -0.314 e. The summed E-state index contributed by atoms with van der Waals surface area (Å²) in [7, 11) is -2.86. The van der Waals surface area contributed by atoms with Crippen molar-refractivity contribution in [2.45, 2.75) is 32.2 Å². The molecule has 3 nitrogen and oxygen atoms in total. The summed E-state index contributed by atoms with van der Waals surface area (Å²) >= 11 is 6.11. The van der Waals surface area contributed by atoms with Crippen molar-refractivity contribution >= 4 is 21.4 Å². The van der Waals surface area contributed by atoms with E-state index in [2.05, 4.69) is 5.32 Å². The summed E-state index contributed by atoms with van der Waals surface area (Å²) < 4.78 is 36.4. The topological polar surface area (TPSA) is 46.2 Å². The van der Waals surface area contributed by atoms with Crippen LogP contribution in [0.4, 0.5) is 4.39 Å². The normalized spacial score (nSPS) is 22.3. The molecule has 0 saturated carbocycles. The van der Waals surface area contributed by atoms with Crippen molar-refractivity contribution in [3.63, 3.8) is 0 Å². The van der Waals surface area contributed by atoms with Crippen molar-refractivity contribution in [3.05, 3.63) is 34.6 Å². The molecule has 2 unspecified atom stereocenters. The van der Waals surface area contributed by atoms with Gasteiger partial charge in [0.15, 0.2) is 9.84 Å². The van der Waals surface area contributed by atoms with Gasteiger partial charge in [-0.3, -0.25) is 0 Å². The van der Waals surface area contributed by atoms with Crippen LogP contribution in [-0.2, 0) is 16.3 Å². The summed E-state index contributed by atoms with van der Waals surface area (Å²) in [6.07, 6.45) is 2.11. The zero-order chi connectivity index (χ0) is 15.5. The van der Waals surface area contributed by atoms with Crippen LogP contribution in [0, 0.1) is 11.7 Å². The highest BCUT2D eigenvalue weighted by Gasteiger charge is 2.29. The van der Waals surface area contributed by atoms with Crippen LogP contribution in [0.15, 0.2) is 18.2 Å². The predicted octanol–water partition coefficient (Wildman–Crippen LogP) is 2.82. The molecule has 1 heterocycles. The number of nitrogens with one attached hydrogen (secondary N) is 1. The van der Waals surface area contributed by atoms with Crippen LogP contribution in [0.3, 0.4) is 0 Å². The fourth-order valence-electron chi connectivity index (χ4n) is 2.95. The molecule has 0 spiro atoms. The van der Waals surface area contributed by atoms with Gasteiger partial charge in [-0.15, -0.1) is 0 Å². The van der Waals surface area contributed by atoms with Crippen LogP contribution in [0.1, 0.15) is 25.3 Å². The number of sulfone groups is 1. The molecule has 1 aliphatic rings. The largest absolute Gasteiger partial charge is 0.314 e. The third kappa shape index (κ3) is 4.94. The molecule has 21 heavy (non-hydrogen) atoms. The van der Waals surface area contributed by atoms with Crippen LogP contribution in [-0.4, -0.2) is 32.5 Å². The highest BCUT2D eigenvalue weighted by Crippen LogP contribution is 2.26. The summed E-state index contributed by atoms with van der Waals surface area (Å²) in [6, 6.07) is 4.48. The van der Waals surface area contributed by atoms with E-state index in [1.807, 2.05) is 6.92 Å². The number of likely N-dealkylation sites (N-methyl/N-ethyl adjacent to an activating group) is 1. The lowest BCUT2D eigenvalue weighted by Gasteiger charge is -2.21. The van der Waals surface area contributed by atoms with Crippen molar-refractivity contribution in [1.29, 1.82) is 0 Å². The number of benzene rings is 1. The number of rotatable bonds is 6. The SMILES string of the molecule is CCNC(Cc1cc(F)ccc1Cl)CC1CCS(=O)(=O)C1. The van der Waals surface area contributed by atoms with Gasteiger partial charge >= 0.3 is 0 Å². The maximum atomic E-state index is 13.3. The van der Waals surface area contributed by atoms with Crippen LogP contribution >= 0.6 is 11.6 Å². The van der Waals surface area contributed by atoms with E-state index in [0.717, 1.165) is 24.9 Å². The van der Waals surface area contributed by atoms with Gasteiger partial charge in [0.25, 0.3) is 0 Å². The minimum absolute atomic E-state index is 0.118. The first kappa shape index (κ1) is 16.7. The lowest BCUT2D eigenvalue weighted by atomic mass is 9.94. The smallest absolute Gasteiger partial charge is 0.150 e. The van der Waals surface area contributed by atoms with Crippen molar-refractivity contribution in [2.75, 3.05) is 18.1 Å². The summed E-state index contributed by atoms with van der Waals surface area (Å²) in [5.74, 6) is 0.447. The second kappa shape index (κ2) is 7.07. The Morgan fingerprint density at radius 2 is 2.24 bits per heavy atom. The van der Waals surface area contributed by atoms with Gasteiger partial charge in [-0.05, 0) is 55.5 Å². The Morgan fingerprint density at radius 3 is 2.86 bits per heavy atom. The maximum absolute atomic E-state index is 13.3. The average molecular weight is 334 g/mol. The Morgan fingerprint density at radius 1 is 1.48 bits per heavy atom. The fraction of sp³-hybridized carbons (Fsp3) is 0.600. The van der Waals surface area contributed by atoms with E-state index in [4.69, 9.17) is 11.6 Å². The molecule has 2 rings (SSSR count). The molecule has 6 heteroatoms. The lowest BCUT2D eigenvalue weighted by Crippen LogP contribution is -2.33. The fourth-order valence-corrected chi connectivity index (χ4v) is 5.03. The number of hydrogen-bond donors (Lipinski definition) is 1. The maximum Gasteiger partial charge on any atom is 0.150 e. The Bertz CT molecular complexity index is 591. The third-order valence-electron chi connectivity index (χ3n) is 3.91. The summed E-state index contributed by atoms with van der Waals surface area (Å²) in [5.41, 5.74) is 0.767. The van der Waals surface area contributed by atoms with Crippen LogP contribution in [0.25, 0.3) is 0 Å². The van der Waals surface area contributed by atoms with Gasteiger partial charge in [0.05, 0.1) is 11.5 Å². The minimum atomic E-state index is -2.86. The van der Waals surface area contributed by atoms with Gasteiger partial charge in [-0.2, -0.15) is 0 Å². The van der Waals surface area contributed by atoms with Crippen LogP contribution < -0.4 is 5.32 Å². The number of hydrogen-bond acceptors (Lipinski definition) is 3. The van der Waals surface area contributed by atoms with E-state index >= 15 is 0 Å². The van der Waals surface area contributed by atoms with Gasteiger partial charge < -0.3 is 5.32 Å². The summed E-state index contributed by atoms with van der Waals surface area (Å²) in [5, 5.41) is 3.91. The molecule has 0 bridgehead atoms. The van der Waals surface area contributed by atoms with E-state index in [-0.39, 0.29) is 29.3 Å². The molecule has 2 atom stereocenters. The van der Waals surface area contributed by atoms with Gasteiger partial charge in [-0.25, -0.2) is 12.8 Å². The zero-order valence-corrected chi connectivity index (χ0v) is 13.7. The standard InChI is InChI=1S/C15H21ClFNO2S/c1-2-18-14(7-11-5-6-21(19,20)10-11)9-12-8-13(17)3-4-15(12)16/h3-4,8,11,14,18H,2,5-7,9-10H2,1H3. The summed E-state index contributed by atoms with van der Waals surface area (Å²) in [6.45, 7) is 2.79. The van der Waals surface area contributed by atoms with Crippen LogP contribution in [0.2, 0.25) is 5.02 Å². The molecule has 0 aliphatic carbocycles. The van der Waals surface area contributed by atoms with E-state index in [9.17, 15) is 12.8 Å². The number of halogens is 2. The molecule has 1 saturated heterocycles. The van der Waals surface area contributed by atoms with Gasteiger partial charge in [0.2, 0.25) is 0 Å². The van der Waals surface area contributed by atoms with Gasteiger partial charge in [-0.1, -0.05) is 18.5 Å². The van der Waals surface area contributed by atoms with E-state index in [1.165, 1.54) is 12.1 Å². The molecular formula is C15H21ClFNO2S. The van der Waals surface area contributed by atoms with E-state index in [0.29, 0.717) is 11.4 Å². The molecule has 1 N–H and O–H groups in total. The molecule has 1 aliphatic heterocycles.